The zero-order chi connectivity index (χ0) is 9.02. The van der Waals surface area contributed by atoms with Crippen molar-refractivity contribution in [1.29, 1.82) is 0 Å². The number of carboxylic acids is 1. The molecule has 0 aromatic rings. The topological polar surface area (TPSA) is 57.5 Å². The van der Waals surface area contributed by atoms with E-state index in [9.17, 15) is 4.79 Å². The predicted octanol–water partition coefficient (Wildman–Crippen LogP) is 1.11. The van der Waals surface area contributed by atoms with Crippen molar-refractivity contribution in [2.24, 2.45) is 11.8 Å². The average Bonchev–Trinajstić information content (AvgIpc) is 1.88. The molecule has 0 bridgehead atoms. The van der Waals surface area contributed by atoms with Crippen LogP contribution in [0.1, 0.15) is 27.2 Å². The zero-order valence-electron chi connectivity index (χ0n) is 7.24. The van der Waals surface area contributed by atoms with Crippen molar-refractivity contribution in [2.45, 2.75) is 33.3 Å². The Bertz CT molecular complexity index is 131. The van der Waals surface area contributed by atoms with Crippen LogP contribution in [-0.2, 0) is 4.79 Å². The van der Waals surface area contributed by atoms with Gasteiger partial charge in [-0.3, -0.25) is 0 Å². The lowest BCUT2D eigenvalue weighted by molar-refractivity contribution is -0.150. The van der Waals surface area contributed by atoms with Gasteiger partial charge < -0.3 is 10.2 Å². The van der Waals surface area contributed by atoms with Crippen LogP contribution < -0.4 is 0 Å². The molecule has 66 valence electrons. The van der Waals surface area contributed by atoms with Gasteiger partial charge in [0.1, 0.15) is 0 Å². The maximum absolute atomic E-state index is 10.4. The highest BCUT2D eigenvalue weighted by Crippen LogP contribution is 2.18. The van der Waals surface area contributed by atoms with E-state index in [1.807, 2.05) is 20.8 Å². The highest BCUT2D eigenvalue weighted by molar-refractivity contribution is 5.72. The summed E-state index contributed by atoms with van der Waals surface area (Å²) in [4.78, 5) is 10.4. The molecule has 0 amide bonds. The van der Waals surface area contributed by atoms with Gasteiger partial charge in [-0.1, -0.05) is 27.2 Å². The Morgan fingerprint density at radius 3 is 2.00 bits per heavy atom. The van der Waals surface area contributed by atoms with Gasteiger partial charge in [-0.05, 0) is 11.8 Å². The van der Waals surface area contributed by atoms with Crippen LogP contribution in [0, 0.1) is 11.8 Å². The van der Waals surface area contributed by atoms with Gasteiger partial charge in [0.2, 0.25) is 0 Å². The Hall–Kier alpha value is -0.570. The standard InChI is InChI=1S/C8H16O3/c1-4-6(5(2)3)7(9)8(10)11/h5-7,9H,4H2,1-3H3,(H,10,11)/t6-,7+/m0/s1. The van der Waals surface area contributed by atoms with Crippen molar-refractivity contribution in [1.82, 2.24) is 0 Å². The zero-order valence-corrected chi connectivity index (χ0v) is 7.24. The van der Waals surface area contributed by atoms with Crippen molar-refractivity contribution in [2.75, 3.05) is 0 Å². The smallest absolute Gasteiger partial charge is 0.332 e. The highest BCUT2D eigenvalue weighted by atomic mass is 16.4. The van der Waals surface area contributed by atoms with Crippen LogP contribution in [0.5, 0.6) is 0 Å². The molecule has 3 heteroatoms. The number of aliphatic hydroxyl groups excluding tert-OH is 1. The van der Waals surface area contributed by atoms with Gasteiger partial charge in [0, 0.05) is 0 Å². The Balaban J connectivity index is 4.13. The van der Waals surface area contributed by atoms with E-state index in [1.54, 1.807) is 0 Å². The number of hydrogen-bond acceptors (Lipinski definition) is 2. The Kier molecular flexibility index (Phi) is 4.11. The van der Waals surface area contributed by atoms with Crippen LogP contribution in [-0.4, -0.2) is 22.3 Å². The van der Waals surface area contributed by atoms with Gasteiger partial charge in [-0.15, -0.1) is 0 Å². The lowest BCUT2D eigenvalue weighted by atomic mass is 9.88. The molecule has 0 aliphatic heterocycles. The van der Waals surface area contributed by atoms with Crippen LogP contribution in [0.4, 0.5) is 0 Å². The van der Waals surface area contributed by atoms with Gasteiger partial charge in [0.15, 0.2) is 6.10 Å². The van der Waals surface area contributed by atoms with Crippen molar-refractivity contribution in [3.05, 3.63) is 0 Å². The number of carbonyl (C=O) groups is 1. The maximum Gasteiger partial charge on any atom is 0.332 e. The van der Waals surface area contributed by atoms with Crippen LogP contribution in [0.2, 0.25) is 0 Å². The van der Waals surface area contributed by atoms with Crippen LogP contribution in [0.15, 0.2) is 0 Å². The highest BCUT2D eigenvalue weighted by Gasteiger charge is 2.26. The van der Waals surface area contributed by atoms with Crippen molar-refractivity contribution in [3.63, 3.8) is 0 Å². The van der Waals surface area contributed by atoms with Gasteiger partial charge in [-0.2, -0.15) is 0 Å². The predicted molar refractivity (Wildman–Crippen MR) is 42.3 cm³/mol. The molecule has 0 aliphatic carbocycles. The summed E-state index contributed by atoms with van der Waals surface area (Å²) < 4.78 is 0. The average molecular weight is 160 g/mol. The monoisotopic (exact) mass is 160 g/mol. The minimum atomic E-state index is -1.21. The number of hydrogen-bond donors (Lipinski definition) is 2. The normalized spacial score (nSPS) is 16.5. The molecule has 0 aromatic heterocycles. The summed E-state index contributed by atoms with van der Waals surface area (Å²) >= 11 is 0. The molecule has 0 unspecified atom stereocenters. The Labute approximate surface area is 67.0 Å². The van der Waals surface area contributed by atoms with Crippen LogP contribution >= 0.6 is 0 Å². The molecule has 0 radical (unpaired) electrons. The first kappa shape index (κ1) is 10.4. The summed E-state index contributed by atoms with van der Waals surface area (Å²) in [7, 11) is 0. The summed E-state index contributed by atoms with van der Waals surface area (Å²) in [5, 5.41) is 17.6. The maximum atomic E-state index is 10.4. The van der Waals surface area contributed by atoms with E-state index in [-0.39, 0.29) is 11.8 Å². The van der Waals surface area contributed by atoms with E-state index >= 15 is 0 Å². The molecule has 0 spiro atoms. The molecule has 0 saturated heterocycles. The van der Waals surface area contributed by atoms with E-state index in [2.05, 4.69) is 0 Å². The summed E-state index contributed by atoms with van der Waals surface area (Å²) in [6.45, 7) is 5.72. The third-order valence-corrected chi connectivity index (χ3v) is 1.99. The molecule has 0 aliphatic rings. The molecule has 0 rings (SSSR count). The molecule has 11 heavy (non-hydrogen) atoms. The van der Waals surface area contributed by atoms with Crippen molar-refractivity contribution < 1.29 is 15.0 Å². The van der Waals surface area contributed by atoms with E-state index in [1.165, 1.54) is 0 Å². The summed E-state index contributed by atoms with van der Waals surface area (Å²) in [6, 6.07) is 0. The van der Waals surface area contributed by atoms with Gasteiger partial charge in [0.05, 0.1) is 0 Å². The van der Waals surface area contributed by atoms with Crippen LogP contribution in [0.25, 0.3) is 0 Å². The summed E-state index contributed by atoms with van der Waals surface area (Å²) in [5.74, 6) is -1.04. The SMILES string of the molecule is CC[C@@H](C(C)C)[C@@H](O)C(=O)O. The number of rotatable bonds is 4. The van der Waals surface area contributed by atoms with Gasteiger partial charge in [-0.25, -0.2) is 4.79 Å². The van der Waals surface area contributed by atoms with Gasteiger partial charge in [0.25, 0.3) is 0 Å². The Morgan fingerprint density at radius 2 is 1.91 bits per heavy atom. The van der Waals surface area contributed by atoms with E-state index in [0.717, 1.165) is 0 Å². The molecular formula is C8H16O3. The number of carboxylic acid groups (broad SMARTS) is 1. The molecular weight excluding hydrogens is 144 g/mol. The second-order valence-electron chi connectivity index (χ2n) is 3.10. The molecule has 2 N–H and O–H groups in total. The lowest BCUT2D eigenvalue weighted by Crippen LogP contribution is -2.32. The summed E-state index contributed by atoms with van der Waals surface area (Å²) in [6.07, 6.45) is -0.509. The number of aliphatic carboxylic acids is 1. The minimum absolute atomic E-state index is 0.132. The number of aliphatic hydroxyl groups is 1. The summed E-state index contributed by atoms with van der Waals surface area (Å²) in [5.41, 5.74) is 0. The lowest BCUT2D eigenvalue weighted by Gasteiger charge is -2.21. The molecule has 3 nitrogen and oxygen atoms in total. The van der Waals surface area contributed by atoms with E-state index in [0.29, 0.717) is 6.42 Å². The fourth-order valence-electron chi connectivity index (χ4n) is 1.24. The minimum Gasteiger partial charge on any atom is -0.479 e. The molecule has 0 fully saturated rings. The quantitative estimate of drug-likeness (QED) is 0.647. The van der Waals surface area contributed by atoms with E-state index < -0.39 is 12.1 Å². The second-order valence-corrected chi connectivity index (χ2v) is 3.10. The van der Waals surface area contributed by atoms with E-state index in [4.69, 9.17) is 10.2 Å². The third kappa shape index (κ3) is 2.89. The second kappa shape index (κ2) is 4.34. The van der Waals surface area contributed by atoms with Crippen molar-refractivity contribution >= 4 is 5.97 Å². The largest absolute Gasteiger partial charge is 0.479 e. The first-order chi connectivity index (χ1) is 5.00. The Morgan fingerprint density at radius 1 is 1.45 bits per heavy atom. The fourth-order valence-corrected chi connectivity index (χ4v) is 1.24. The van der Waals surface area contributed by atoms with Crippen LogP contribution in [0.3, 0.4) is 0 Å². The first-order valence-corrected chi connectivity index (χ1v) is 3.91. The molecule has 2 atom stereocenters. The fraction of sp³-hybridized carbons (Fsp3) is 0.875. The molecule has 0 saturated carbocycles. The third-order valence-electron chi connectivity index (χ3n) is 1.99. The molecule has 0 aromatic carbocycles. The first-order valence-electron chi connectivity index (χ1n) is 3.91. The van der Waals surface area contributed by atoms with Crippen molar-refractivity contribution in [3.8, 4) is 0 Å². The van der Waals surface area contributed by atoms with Gasteiger partial charge >= 0.3 is 5.97 Å². The molecule has 0 heterocycles.